The first kappa shape index (κ1) is 9.65. The summed E-state index contributed by atoms with van der Waals surface area (Å²) in [5.74, 6) is 0. The van der Waals surface area contributed by atoms with E-state index >= 15 is 0 Å². The van der Waals surface area contributed by atoms with Crippen molar-refractivity contribution in [3.63, 3.8) is 0 Å². The number of hydrogen-bond donors (Lipinski definition) is 3. The van der Waals surface area contributed by atoms with Gasteiger partial charge >= 0.3 is 5.69 Å². The third kappa shape index (κ3) is 1.57. The molecular weight excluding hydrogens is 218 g/mol. The van der Waals surface area contributed by atoms with Crippen molar-refractivity contribution in [1.82, 2.24) is 15.0 Å². The summed E-state index contributed by atoms with van der Waals surface area (Å²) in [4.78, 5) is 30.3. The lowest BCUT2D eigenvalue weighted by atomic mass is 10.2. The monoisotopic (exact) mass is 227 g/mol. The van der Waals surface area contributed by atoms with Crippen molar-refractivity contribution in [2.75, 3.05) is 0 Å². The fourth-order valence-corrected chi connectivity index (χ4v) is 1.83. The largest absolute Gasteiger partial charge is 0.354 e. The van der Waals surface area contributed by atoms with Gasteiger partial charge in [0.05, 0.1) is 11.3 Å². The van der Waals surface area contributed by atoms with Crippen LogP contribution < -0.4 is 11.2 Å². The van der Waals surface area contributed by atoms with Gasteiger partial charge in [-0.05, 0) is 12.1 Å². The molecule has 0 amide bonds. The second-order valence-corrected chi connectivity index (χ2v) is 3.76. The summed E-state index contributed by atoms with van der Waals surface area (Å²) in [7, 11) is 0. The molecule has 3 aromatic rings. The summed E-state index contributed by atoms with van der Waals surface area (Å²) in [5.41, 5.74) is 1.15. The van der Waals surface area contributed by atoms with E-state index in [1.807, 2.05) is 30.3 Å². The van der Waals surface area contributed by atoms with Gasteiger partial charge in [-0.2, -0.15) is 0 Å². The van der Waals surface area contributed by atoms with Crippen LogP contribution in [0, 0.1) is 0 Å². The van der Waals surface area contributed by atoms with Gasteiger partial charge < -0.3 is 9.97 Å². The molecule has 1 aromatic carbocycles. The lowest BCUT2D eigenvalue weighted by Gasteiger charge is -1.94. The van der Waals surface area contributed by atoms with Crippen molar-refractivity contribution in [3.8, 4) is 11.3 Å². The molecule has 3 N–H and O–H groups in total. The molecule has 0 aliphatic carbocycles. The molecule has 5 heteroatoms. The van der Waals surface area contributed by atoms with Crippen LogP contribution in [0.3, 0.4) is 0 Å². The molecule has 17 heavy (non-hydrogen) atoms. The Balaban J connectivity index is 2.27. The highest BCUT2D eigenvalue weighted by atomic mass is 16.2. The molecule has 2 heterocycles. The number of H-pyrrole nitrogens is 3. The molecule has 5 nitrogen and oxygen atoms in total. The van der Waals surface area contributed by atoms with Gasteiger partial charge in [-0.3, -0.25) is 9.78 Å². The lowest BCUT2D eigenvalue weighted by Crippen LogP contribution is -2.22. The minimum absolute atomic E-state index is 0.402. The molecular formula is C12H9N3O2. The summed E-state index contributed by atoms with van der Waals surface area (Å²) in [5, 5.41) is 1.02. The van der Waals surface area contributed by atoms with E-state index in [1.54, 1.807) is 0 Å². The van der Waals surface area contributed by atoms with E-state index in [0.29, 0.717) is 11.3 Å². The first-order valence-electron chi connectivity index (χ1n) is 5.14. The maximum atomic E-state index is 11.6. The van der Waals surface area contributed by atoms with Crippen molar-refractivity contribution < 1.29 is 0 Å². The van der Waals surface area contributed by atoms with Gasteiger partial charge in [-0.25, -0.2) is 4.79 Å². The topological polar surface area (TPSA) is 81.5 Å². The lowest BCUT2D eigenvalue weighted by molar-refractivity contribution is 1.04. The van der Waals surface area contributed by atoms with Crippen molar-refractivity contribution in [3.05, 3.63) is 57.4 Å². The number of aromatic nitrogens is 3. The molecule has 0 fully saturated rings. The highest BCUT2D eigenvalue weighted by Crippen LogP contribution is 2.20. The number of rotatable bonds is 1. The second kappa shape index (κ2) is 3.48. The van der Waals surface area contributed by atoms with Crippen LogP contribution in [0.5, 0.6) is 0 Å². The minimum Gasteiger partial charge on any atom is -0.354 e. The zero-order chi connectivity index (χ0) is 11.8. The molecule has 0 unspecified atom stereocenters. The Morgan fingerprint density at radius 3 is 2.59 bits per heavy atom. The summed E-state index contributed by atoms with van der Waals surface area (Å²) >= 11 is 0. The van der Waals surface area contributed by atoms with Crippen molar-refractivity contribution >= 4 is 10.9 Å². The van der Waals surface area contributed by atoms with Crippen LogP contribution >= 0.6 is 0 Å². The van der Waals surface area contributed by atoms with E-state index in [2.05, 4.69) is 15.0 Å². The molecule has 0 saturated heterocycles. The zero-order valence-corrected chi connectivity index (χ0v) is 8.78. The van der Waals surface area contributed by atoms with Crippen molar-refractivity contribution in [2.24, 2.45) is 0 Å². The fraction of sp³-hybridized carbons (Fsp3) is 0. The average Bonchev–Trinajstić information content (AvgIpc) is 2.72. The summed E-state index contributed by atoms with van der Waals surface area (Å²) in [6.07, 6.45) is 1.41. The van der Waals surface area contributed by atoms with Gasteiger partial charge in [0.25, 0.3) is 5.56 Å². The second-order valence-electron chi connectivity index (χ2n) is 3.76. The maximum Gasteiger partial charge on any atom is 0.325 e. The van der Waals surface area contributed by atoms with E-state index in [0.717, 1.165) is 10.9 Å². The minimum atomic E-state index is -0.505. The Morgan fingerprint density at radius 2 is 1.82 bits per heavy atom. The van der Waals surface area contributed by atoms with Gasteiger partial charge in [-0.1, -0.05) is 18.2 Å². The van der Waals surface area contributed by atoms with Crippen LogP contribution in [0.2, 0.25) is 0 Å². The van der Waals surface area contributed by atoms with Gasteiger partial charge in [0.2, 0.25) is 0 Å². The van der Waals surface area contributed by atoms with Gasteiger partial charge in [0.1, 0.15) is 0 Å². The van der Waals surface area contributed by atoms with E-state index in [4.69, 9.17) is 0 Å². The number of hydrogen-bond acceptors (Lipinski definition) is 2. The van der Waals surface area contributed by atoms with Gasteiger partial charge in [0.15, 0.2) is 0 Å². The number of benzene rings is 1. The molecule has 2 aromatic heterocycles. The van der Waals surface area contributed by atoms with Crippen LogP contribution in [-0.4, -0.2) is 15.0 Å². The van der Waals surface area contributed by atoms with E-state index in [1.165, 1.54) is 6.20 Å². The normalized spacial score (nSPS) is 10.8. The maximum absolute atomic E-state index is 11.6. The molecule has 0 spiro atoms. The quantitative estimate of drug-likeness (QED) is 0.584. The summed E-state index contributed by atoms with van der Waals surface area (Å²) in [6, 6.07) is 9.60. The molecule has 0 bridgehead atoms. The Bertz CT molecular complexity index is 762. The molecule has 0 aliphatic rings. The summed E-state index contributed by atoms with van der Waals surface area (Å²) in [6.45, 7) is 0. The number of fused-ring (bicyclic) bond motifs is 1. The van der Waals surface area contributed by atoms with Crippen molar-refractivity contribution in [2.45, 2.75) is 0 Å². The summed E-state index contributed by atoms with van der Waals surface area (Å²) < 4.78 is 0. The highest BCUT2D eigenvalue weighted by Gasteiger charge is 2.06. The number of para-hydroxylation sites is 1. The van der Waals surface area contributed by atoms with E-state index in [-0.39, 0.29) is 0 Å². The Morgan fingerprint density at radius 1 is 1.00 bits per heavy atom. The van der Waals surface area contributed by atoms with Crippen LogP contribution in [0.15, 0.2) is 46.1 Å². The van der Waals surface area contributed by atoms with E-state index in [9.17, 15) is 9.59 Å². The fourth-order valence-electron chi connectivity index (χ4n) is 1.83. The third-order valence-corrected chi connectivity index (χ3v) is 2.64. The smallest absolute Gasteiger partial charge is 0.325 e. The molecule has 3 rings (SSSR count). The van der Waals surface area contributed by atoms with Crippen LogP contribution in [-0.2, 0) is 0 Å². The average molecular weight is 227 g/mol. The standard InChI is InChI=1S/C12H9N3O2/c16-11-8(6-13-12(17)15-11)10-5-7-3-1-2-4-9(7)14-10/h1-6,14H,(H2,13,15,16,17). The van der Waals surface area contributed by atoms with Crippen molar-refractivity contribution in [1.29, 1.82) is 0 Å². The molecule has 0 radical (unpaired) electrons. The van der Waals surface area contributed by atoms with Crippen LogP contribution in [0.25, 0.3) is 22.2 Å². The number of aromatic amines is 3. The van der Waals surface area contributed by atoms with E-state index < -0.39 is 11.2 Å². The van der Waals surface area contributed by atoms with Crippen LogP contribution in [0.4, 0.5) is 0 Å². The Kier molecular flexibility index (Phi) is 1.98. The first-order chi connectivity index (χ1) is 8.24. The molecule has 0 atom stereocenters. The SMILES string of the molecule is O=c1[nH]cc(-c2cc3ccccc3[nH]2)c(=O)[nH]1. The predicted molar refractivity (Wildman–Crippen MR) is 65.0 cm³/mol. The Hall–Kier alpha value is -2.56. The predicted octanol–water partition coefficient (Wildman–Crippen LogP) is 1.21. The Labute approximate surface area is 95.1 Å². The van der Waals surface area contributed by atoms with Crippen LogP contribution in [0.1, 0.15) is 0 Å². The zero-order valence-electron chi connectivity index (χ0n) is 8.78. The number of nitrogens with one attached hydrogen (secondary N) is 3. The first-order valence-corrected chi connectivity index (χ1v) is 5.14. The third-order valence-electron chi connectivity index (χ3n) is 2.64. The molecule has 0 saturated carbocycles. The molecule has 0 aliphatic heterocycles. The van der Waals surface area contributed by atoms with Gasteiger partial charge in [0, 0.05) is 17.1 Å². The molecule has 84 valence electrons. The van der Waals surface area contributed by atoms with Gasteiger partial charge in [-0.15, -0.1) is 0 Å². The highest BCUT2D eigenvalue weighted by molar-refractivity contribution is 5.85.